The average molecular weight is 539 g/mol. The van der Waals surface area contributed by atoms with Crippen molar-refractivity contribution in [2.75, 3.05) is 53.8 Å². The summed E-state index contributed by atoms with van der Waals surface area (Å²) in [7, 11) is 1.64. The molecule has 0 saturated carbocycles. The molecule has 10 heteroatoms. The Kier molecular flexibility index (Phi) is 14.2. The summed E-state index contributed by atoms with van der Waals surface area (Å²) in [5, 5.41) is 16.6. The lowest BCUT2D eigenvalue weighted by atomic mass is 10.2. The number of aliphatic hydroxyl groups is 1. The highest BCUT2D eigenvalue weighted by Gasteiger charge is 2.11. The Morgan fingerprint density at radius 2 is 1.79 bits per heavy atom. The molecule has 0 saturated heterocycles. The van der Waals surface area contributed by atoms with Crippen LogP contribution < -0.4 is 20.5 Å². The minimum atomic E-state index is -0.574. The fraction of sp³-hybridized carbons (Fsp3) is 0.448. The zero-order chi connectivity index (χ0) is 28.5. The fourth-order valence-electron chi connectivity index (χ4n) is 3.79. The smallest absolute Gasteiger partial charge is 0.245 e. The number of benzene rings is 1. The summed E-state index contributed by atoms with van der Waals surface area (Å²) in [4.78, 5) is 16.4. The Balaban J connectivity index is 0.00000260. The van der Waals surface area contributed by atoms with Gasteiger partial charge < -0.3 is 20.2 Å². The molecule has 0 aliphatic carbocycles. The number of unbranched alkanes of at least 4 members (excludes halogenated alkanes) is 2. The van der Waals surface area contributed by atoms with E-state index in [1.54, 1.807) is 13.2 Å². The van der Waals surface area contributed by atoms with Crippen LogP contribution in [-0.4, -0.2) is 59.6 Å². The molecule has 212 valence electrons. The lowest BCUT2D eigenvalue weighted by molar-refractivity contribution is 0.303. The molecule has 3 rings (SSSR count). The molecule has 39 heavy (non-hydrogen) atoms. The van der Waals surface area contributed by atoms with Crippen LogP contribution in [0.25, 0.3) is 0 Å². The van der Waals surface area contributed by atoms with Gasteiger partial charge in [-0.25, -0.2) is 14.8 Å². The molecule has 3 aromatic rings. The zero-order valence-corrected chi connectivity index (χ0v) is 23.9. The Bertz CT molecular complexity index is 1130. The maximum absolute atomic E-state index is 14.0. The molecule has 9 nitrogen and oxygen atoms in total. The number of halogens is 1. The van der Waals surface area contributed by atoms with Gasteiger partial charge in [0.1, 0.15) is 0 Å². The molecule has 1 aromatic carbocycles. The highest BCUT2D eigenvalue weighted by Crippen LogP contribution is 2.23. The molecule has 0 spiro atoms. The molecule has 0 atom stereocenters. The van der Waals surface area contributed by atoms with E-state index in [0.29, 0.717) is 5.69 Å². The third-order valence-corrected chi connectivity index (χ3v) is 5.70. The van der Waals surface area contributed by atoms with E-state index in [1.807, 2.05) is 32.0 Å². The number of aliphatic hydroxyl groups excluding tert-OH is 1. The van der Waals surface area contributed by atoms with Crippen molar-refractivity contribution >= 4 is 35.0 Å². The number of nitrogens with zero attached hydrogens (tertiary/aromatic N) is 6. The Morgan fingerprint density at radius 1 is 0.974 bits per heavy atom. The SMILES string of the molecule is CC.CCCCCN(CCC)c1cccc(Nc2ccc(/C=N/Nc3ncc(F)c(N(C)CCO)n3)nc2)c1. The molecule has 0 fully saturated rings. The molecular weight excluding hydrogens is 495 g/mol. The molecule has 2 aromatic heterocycles. The van der Waals surface area contributed by atoms with Crippen LogP contribution >= 0.6 is 0 Å². The maximum Gasteiger partial charge on any atom is 0.245 e. The van der Waals surface area contributed by atoms with E-state index in [2.05, 4.69) is 67.7 Å². The summed E-state index contributed by atoms with van der Waals surface area (Å²) < 4.78 is 14.0. The van der Waals surface area contributed by atoms with Gasteiger partial charge in [-0.1, -0.05) is 46.6 Å². The number of rotatable bonds is 15. The lowest BCUT2D eigenvalue weighted by Crippen LogP contribution is -2.25. The molecule has 0 aliphatic heterocycles. The van der Waals surface area contributed by atoms with E-state index >= 15 is 0 Å². The van der Waals surface area contributed by atoms with Gasteiger partial charge in [0.15, 0.2) is 11.6 Å². The molecule has 3 N–H and O–H groups in total. The highest BCUT2D eigenvalue weighted by molar-refractivity contribution is 5.78. The molecule has 0 bridgehead atoms. The van der Waals surface area contributed by atoms with Crippen molar-refractivity contribution in [1.29, 1.82) is 0 Å². The van der Waals surface area contributed by atoms with Crippen molar-refractivity contribution in [2.24, 2.45) is 5.10 Å². The topological polar surface area (TPSA) is 102 Å². The molecular formula is C29H43FN8O. The monoisotopic (exact) mass is 538 g/mol. The molecule has 2 heterocycles. The summed E-state index contributed by atoms with van der Waals surface area (Å²) in [5.41, 5.74) is 6.42. The normalized spacial score (nSPS) is 10.6. The molecule has 0 radical (unpaired) electrons. The van der Waals surface area contributed by atoms with Gasteiger partial charge in [0.2, 0.25) is 5.95 Å². The van der Waals surface area contributed by atoms with Crippen LogP contribution in [0.5, 0.6) is 0 Å². The first-order chi connectivity index (χ1) is 19.0. The number of hydrazone groups is 1. The van der Waals surface area contributed by atoms with Crippen LogP contribution in [0.1, 0.15) is 59.1 Å². The first kappa shape index (κ1) is 31.4. The van der Waals surface area contributed by atoms with E-state index in [-0.39, 0.29) is 24.9 Å². The van der Waals surface area contributed by atoms with Crippen molar-refractivity contribution in [3.8, 4) is 0 Å². The van der Waals surface area contributed by atoms with Gasteiger partial charge in [-0.15, -0.1) is 0 Å². The average Bonchev–Trinajstić information content (AvgIpc) is 2.96. The maximum atomic E-state index is 14.0. The molecule has 0 unspecified atom stereocenters. The number of hydrogen-bond donors (Lipinski definition) is 3. The number of hydrogen-bond acceptors (Lipinski definition) is 9. The van der Waals surface area contributed by atoms with E-state index in [4.69, 9.17) is 5.11 Å². The van der Waals surface area contributed by atoms with Crippen LogP contribution in [-0.2, 0) is 0 Å². The Hall–Kier alpha value is -3.79. The minimum Gasteiger partial charge on any atom is -0.395 e. The summed E-state index contributed by atoms with van der Waals surface area (Å²) in [5.74, 6) is -0.351. The van der Waals surface area contributed by atoms with Gasteiger partial charge in [-0.2, -0.15) is 10.1 Å². The summed E-state index contributed by atoms with van der Waals surface area (Å²) in [6, 6.07) is 12.2. The molecule has 0 amide bonds. The summed E-state index contributed by atoms with van der Waals surface area (Å²) in [6.07, 6.45) is 9.12. The Morgan fingerprint density at radius 3 is 2.49 bits per heavy atom. The van der Waals surface area contributed by atoms with Crippen LogP contribution in [0, 0.1) is 5.82 Å². The fourth-order valence-corrected chi connectivity index (χ4v) is 3.79. The number of anilines is 5. The lowest BCUT2D eigenvalue weighted by Gasteiger charge is -2.25. The second-order valence-electron chi connectivity index (χ2n) is 8.72. The van der Waals surface area contributed by atoms with Crippen molar-refractivity contribution in [3.05, 3.63) is 60.3 Å². The Labute approximate surface area is 232 Å². The number of likely N-dealkylation sites (N-methyl/N-ethyl adjacent to an activating group) is 1. The second-order valence-corrected chi connectivity index (χ2v) is 8.72. The van der Waals surface area contributed by atoms with Crippen LogP contribution in [0.15, 0.2) is 53.9 Å². The van der Waals surface area contributed by atoms with Gasteiger partial charge in [-0.05, 0) is 43.2 Å². The van der Waals surface area contributed by atoms with Gasteiger partial charge in [0, 0.05) is 38.1 Å². The van der Waals surface area contributed by atoms with E-state index in [1.165, 1.54) is 36.1 Å². The van der Waals surface area contributed by atoms with Crippen molar-refractivity contribution in [1.82, 2.24) is 15.0 Å². The second kappa shape index (κ2) is 17.7. The van der Waals surface area contributed by atoms with E-state index < -0.39 is 5.82 Å². The predicted molar refractivity (Wildman–Crippen MR) is 161 cm³/mol. The number of aromatic nitrogens is 3. The van der Waals surface area contributed by atoms with Crippen molar-refractivity contribution in [3.63, 3.8) is 0 Å². The van der Waals surface area contributed by atoms with Crippen LogP contribution in [0.3, 0.4) is 0 Å². The first-order valence-corrected chi connectivity index (χ1v) is 13.8. The van der Waals surface area contributed by atoms with Gasteiger partial charge in [-0.3, -0.25) is 4.98 Å². The number of nitrogens with one attached hydrogen (secondary N) is 2. The number of pyridine rings is 1. The third-order valence-electron chi connectivity index (χ3n) is 5.70. The largest absolute Gasteiger partial charge is 0.395 e. The van der Waals surface area contributed by atoms with Crippen molar-refractivity contribution in [2.45, 2.75) is 53.4 Å². The summed E-state index contributed by atoms with van der Waals surface area (Å²) >= 11 is 0. The minimum absolute atomic E-state index is 0.0816. The van der Waals surface area contributed by atoms with Gasteiger partial charge >= 0.3 is 0 Å². The van der Waals surface area contributed by atoms with Gasteiger partial charge in [0.05, 0.1) is 36.6 Å². The van der Waals surface area contributed by atoms with Crippen molar-refractivity contribution < 1.29 is 9.50 Å². The van der Waals surface area contributed by atoms with Gasteiger partial charge in [0.25, 0.3) is 0 Å². The molecule has 0 aliphatic rings. The highest BCUT2D eigenvalue weighted by atomic mass is 19.1. The summed E-state index contributed by atoms with van der Waals surface area (Å²) in [6.45, 7) is 10.7. The third kappa shape index (κ3) is 10.5. The van der Waals surface area contributed by atoms with E-state index in [9.17, 15) is 4.39 Å². The standard InChI is InChI=1S/C27H37FN8O.C2H6/c1-4-6-7-14-36(13-5-2)24-10-8-9-21(17-24)32-23-12-11-22(29-18-23)19-31-34-27-30-20-25(28)26(33-27)35(3)15-16-37;1-2/h8-12,17-20,32,37H,4-7,13-16H2,1-3H3,(H,30,33,34);1-2H3/b31-19+;. The zero-order valence-electron chi connectivity index (χ0n) is 23.9. The first-order valence-electron chi connectivity index (χ1n) is 13.8. The van der Waals surface area contributed by atoms with Crippen LogP contribution in [0.2, 0.25) is 0 Å². The quantitative estimate of drug-likeness (QED) is 0.122. The van der Waals surface area contributed by atoms with E-state index in [0.717, 1.165) is 37.1 Å². The van der Waals surface area contributed by atoms with Crippen LogP contribution in [0.4, 0.5) is 33.2 Å². The predicted octanol–water partition coefficient (Wildman–Crippen LogP) is 6.06.